The second-order valence-electron chi connectivity index (χ2n) is 8.08. The lowest BCUT2D eigenvalue weighted by molar-refractivity contribution is 0.100. The third-order valence-corrected chi connectivity index (χ3v) is 4.49. The van der Waals surface area contributed by atoms with Crippen LogP contribution in [0.15, 0.2) is 0 Å². The van der Waals surface area contributed by atoms with Gasteiger partial charge in [0.1, 0.15) is 0 Å². The number of nitrogens with one attached hydrogen (secondary N) is 1. The summed E-state index contributed by atoms with van der Waals surface area (Å²) in [6.45, 7) is 15.8. The van der Waals surface area contributed by atoms with Crippen LogP contribution in [-0.2, 0) is 4.74 Å². The van der Waals surface area contributed by atoms with Gasteiger partial charge < -0.3 is 15.0 Å². The zero-order valence-electron chi connectivity index (χ0n) is 14.0. The maximum Gasteiger partial charge on any atom is 0.0547 e. The molecule has 1 saturated carbocycles. The molecule has 2 fully saturated rings. The van der Waals surface area contributed by atoms with Crippen molar-refractivity contribution in [3.63, 3.8) is 0 Å². The lowest BCUT2D eigenvalue weighted by Gasteiger charge is -2.37. The zero-order chi connectivity index (χ0) is 14.6. The van der Waals surface area contributed by atoms with Gasteiger partial charge in [0.05, 0.1) is 6.61 Å². The lowest BCUT2D eigenvalue weighted by atomic mass is 9.85. The Bertz CT molecular complexity index is 288. The van der Waals surface area contributed by atoms with Gasteiger partial charge in [-0.3, -0.25) is 0 Å². The zero-order valence-corrected chi connectivity index (χ0v) is 14.0. The molecule has 1 aliphatic heterocycles. The predicted octanol–water partition coefficient (Wildman–Crippen LogP) is 2.90. The number of nitrogens with zero attached hydrogens (tertiary/aromatic N) is 1. The normalized spacial score (nSPS) is 27.4. The van der Waals surface area contributed by atoms with Gasteiger partial charge >= 0.3 is 0 Å². The minimum Gasteiger partial charge on any atom is -0.381 e. The first-order chi connectivity index (χ1) is 9.42. The van der Waals surface area contributed by atoms with Crippen LogP contribution in [0.1, 0.15) is 53.4 Å². The van der Waals surface area contributed by atoms with Crippen molar-refractivity contribution in [2.75, 3.05) is 39.4 Å². The van der Waals surface area contributed by atoms with E-state index >= 15 is 0 Å². The molecule has 1 aliphatic carbocycles. The Morgan fingerprint density at radius 2 is 2.05 bits per heavy atom. The molecule has 2 aliphatic rings. The van der Waals surface area contributed by atoms with Crippen molar-refractivity contribution in [2.24, 2.45) is 11.3 Å². The summed E-state index contributed by atoms with van der Waals surface area (Å²) in [6.07, 6.45) is 5.37. The highest BCUT2D eigenvalue weighted by atomic mass is 16.5. The fourth-order valence-electron chi connectivity index (χ4n) is 3.11. The van der Waals surface area contributed by atoms with Gasteiger partial charge in [-0.05, 0) is 58.9 Å². The van der Waals surface area contributed by atoms with Crippen molar-refractivity contribution in [3.05, 3.63) is 0 Å². The highest BCUT2D eigenvalue weighted by Gasteiger charge is 2.38. The van der Waals surface area contributed by atoms with E-state index in [1.165, 1.54) is 45.3 Å². The molecule has 1 atom stereocenters. The van der Waals surface area contributed by atoms with E-state index in [2.05, 4.69) is 37.9 Å². The minimum absolute atomic E-state index is 0.196. The van der Waals surface area contributed by atoms with Crippen LogP contribution in [0, 0.1) is 11.3 Å². The van der Waals surface area contributed by atoms with Gasteiger partial charge in [-0.1, -0.05) is 6.92 Å². The van der Waals surface area contributed by atoms with Gasteiger partial charge in [0.15, 0.2) is 0 Å². The summed E-state index contributed by atoms with van der Waals surface area (Å²) in [5, 5.41) is 3.71. The molecule has 1 unspecified atom stereocenters. The van der Waals surface area contributed by atoms with Crippen LogP contribution in [-0.4, -0.2) is 49.8 Å². The summed E-state index contributed by atoms with van der Waals surface area (Å²) in [7, 11) is 0. The Hall–Kier alpha value is -0.120. The molecule has 2 rings (SSSR count). The SMILES string of the molecule is CCCN(CC1CC1)CC1(CNC(C)(C)C)CCOC1. The average Bonchev–Trinajstić information content (AvgIpc) is 3.04. The maximum absolute atomic E-state index is 5.76. The van der Waals surface area contributed by atoms with Crippen LogP contribution in [0.5, 0.6) is 0 Å². The Morgan fingerprint density at radius 3 is 2.55 bits per heavy atom. The van der Waals surface area contributed by atoms with E-state index in [9.17, 15) is 0 Å². The number of hydrogen-bond acceptors (Lipinski definition) is 3. The summed E-state index contributed by atoms with van der Waals surface area (Å²) in [5.41, 5.74) is 0.527. The summed E-state index contributed by atoms with van der Waals surface area (Å²) in [4.78, 5) is 2.71. The van der Waals surface area contributed by atoms with Gasteiger partial charge in [0.25, 0.3) is 0 Å². The first-order valence-electron chi connectivity index (χ1n) is 8.48. The molecule has 0 aromatic carbocycles. The molecule has 118 valence electrons. The molecular formula is C17H34N2O. The molecule has 0 bridgehead atoms. The van der Waals surface area contributed by atoms with Crippen molar-refractivity contribution in [1.82, 2.24) is 10.2 Å². The second kappa shape index (κ2) is 6.76. The van der Waals surface area contributed by atoms with Gasteiger partial charge in [-0.2, -0.15) is 0 Å². The second-order valence-corrected chi connectivity index (χ2v) is 8.08. The number of rotatable bonds is 8. The van der Waals surface area contributed by atoms with Crippen molar-refractivity contribution >= 4 is 0 Å². The topological polar surface area (TPSA) is 24.5 Å². The highest BCUT2D eigenvalue weighted by Crippen LogP contribution is 2.33. The molecule has 1 saturated heterocycles. The molecule has 1 N–H and O–H groups in total. The first kappa shape index (κ1) is 16.3. The molecule has 0 radical (unpaired) electrons. The summed E-state index contributed by atoms with van der Waals surface area (Å²) >= 11 is 0. The molecular weight excluding hydrogens is 248 g/mol. The van der Waals surface area contributed by atoms with Crippen LogP contribution < -0.4 is 5.32 Å². The fraction of sp³-hybridized carbons (Fsp3) is 1.00. The molecule has 0 aromatic heterocycles. The molecule has 1 heterocycles. The Kier molecular flexibility index (Phi) is 5.49. The van der Waals surface area contributed by atoms with Crippen LogP contribution in [0.25, 0.3) is 0 Å². The Balaban J connectivity index is 1.91. The van der Waals surface area contributed by atoms with E-state index in [1.807, 2.05) is 0 Å². The Labute approximate surface area is 125 Å². The smallest absolute Gasteiger partial charge is 0.0547 e. The summed E-state index contributed by atoms with van der Waals surface area (Å²) in [5.74, 6) is 0.983. The van der Waals surface area contributed by atoms with Crippen molar-refractivity contribution in [1.29, 1.82) is 0 Å². The fourth-order valence-corrected chi connectivity index (χ4v) is 3.11. The molecule has 3 nitrogen and oxygen atoms in total. The highest BCUT2D eigenvalue weighted by molar-refractivity contribution is 4.91. The van der Waals surface area contributed by atoms with Crippen molar-refractivity contribution in [2.45, 2.75) is 58.9 Å². The number of ether oxygens (including phenoxy) is 1. The maximum atomic E-state index is 5.76. The molecule has 3 heteroatoms. The van der Waals surface area contributed by atoms with Crippen molar-refractivity contribution in [3.8, 4) is 0 Å². The molecule has 0 amide bonds. The minimum atomic E-state index is 0.196. The largest absolute Gasteiger partial charge is 0.381 e. The van der Waals surface area contributed by atoms with Gasteiger partial charge in [0, 0.05) is 37.2 Å². The van der Waals surface area contributed by atoms with E-state index in [0.29, 0.717) is 5.41 Å². The molecule has 0 aromatic rings. The van der Waals surface area contributed by atoms with Crippen LogP contribution in [0.3, 0.4) is 0 Å². The van der Waals surface area contributed by atoms with Crippen LogP contribution >= 0.6 is 0 Å². The monoisotopic (exact) mass is 282 g/mol. The predicted molar refractivity (Wildman–Crippen MR) is 85.1 cm³/mol. The van der Waals surface area contributed by atoms with E-state index in [0.717, 1.165) is 25.7 Å². The van der Waals surface area contributed by atoms with E-state index in [-0.39, 0.29) is 5.54 Å². The summed E-state index contributed by atoms with van der Waals surface area (Å²) in [6, 6.07) is 0. The standard InChI is InChI=1S/C17H34N2O/c1-5-9-19(11-15-6-7-15)13-17(8-10-20-14-17)12-18-16(2,3)4/h15,18H,5-14H2,1-4H3. The van der Waals surface area contributed by atoms with E-state index in [1.54, 1.807) is 0 Å². The third-order valence-electron chi connectivity index (χ3n) is 4.49. The Morgan fingerprint density at radius 1 is 1.30 bits per heavy atom. The quantitative estimate of drug-likeness (QED) is 0.741. The van der Waals surface area contributed by atoms with Crippen LogP contribution in [0.2, 0.25) is 0 Å². The first-order valence-corrected chi connectivity index (χ1v) is 8.48. The third kappa shape index (κ3) is 5.34. The average molecular weight is 282 g/mol. The molecule has 20 heavy (non-hydrogen) atoms. The number of hydrogen-bond donors (Lipinski definition) is 1. The molecule has 0 spiro atoms. The van der Waals surface area contributed by atoms with Gasteiger partial charge in [0.2, 0.25) is 0 Å². The van der Waals surface area contributed by atoms with E-state index < -0.39 is 0 Å². The van der Waals surface area contributed by atoms with Gasteiger partial charge in [-0.25, -0.2) is 0 Å². The van der Waals surface area contributed by atoms with Crippen LogP contribution in [0.4, 0.5) is 0 Å². The van der Waals surface area contributed by atoms with Gasteiger partial charge in [-0.15, -0.1) is 0 Å². The summed E-state index contributed by atoms with van der Waals surface area (Å²) < 4.78 is 5.76. The van der Waals surface area contributed by atoms with Crippen molar-refractivity contribution < 1.29 is 4.74 Å². The van der Waals surface area contributed by atoms with E-state index in [4.69, 9.17) is 4.74 Å². The lowest BCUT2D eigenvalue weighted by Crippen LogP contribution is -2.49.